The lowest BCUT2D eigenvalue weighted by Crippen LogP contribution is -2.29. The lowest BCUT2D eigenvalue weighted by Gasteiger charge is -2.28. The average Bonchev–Trinajstić information content (AvgIpc) is 3.03. The van der Waals surface area contributed by atoms with Crippen LogP contribution >= 0.6 is 0 Å². The van der Waals surface area contributed by atoms with E-state index in [9.17, 15) is 9.18 Å². The number of imidazole rings is 1. The molecule has 0 saturated carbocycles. The van der Waals surface area contributed by atoms with Crippen LogP contribution in [0, 0.1) is 12.7 Å². The molecule has 0 aliphatic carbocycles. The van der Waals surface area contributed by atoms with E-state index in [0.29, 0.717) is 22.9 Å². The van der Waals surface area contributed by atoms with E-state index < -0.39 is 5.82 Å². The lowest BCUT2D eigenvalue weighted by molar-refractivity contribution is 0.102. The monoisotopic (exact) mass is 367 g/mol. The SMILES string of the molecule is Cc1cn2cc(NC(=O)c3ccc(C4CCN(C)CC4)nc3)cc(F)c2n1. The number of hydrogen-bond acceptors (Lipinski definition) is 4. The number of pyridine rings is 2. The van der Waals surface area contributed by atoms with Crippen LogP contribution < -0.4 is 5.32 Å². The molecular formula is C20H22FN5O. The van der Waals surface area contributed by atoms with Crippen LogP contribution in [-0.2, 0) is 0 Å². The van der Waals surface area contributed by atoms with Crippen LogP contribution in [0.4, 0.5) is 10.1 Å². The average molecular weight is 367 g/mol. The number of aromatic nitrogens is 3. The zero-order valence-electron chi connectivity index (χ0n) is 15.4. The number of amides is 1. The maximum Gasteiger partial charge on any atom is 0.257 e. The van der Waals surface area contributed by atoms with Crippen LogP contribution in [0.15, 0.2) is 36.8 Å². The van der Waals surface area contributed by atoms with Crippen molar-refractivity contribution in [1.82, 2.24) is 19.3 Å². The Balaban J connectivity index is 1.48. The number of anilines is 1. The summed E-state index contributed by atoms with van der Waals surface area (Å²) in [4.78, 5) is 23.4. The summed E-state index contributed by atoms with van der Waals surface area (Å²) in [7, 11) is 2.13. The number of carbonyl (C=O) groups is 1. The lowest BCUT2D eigenvalue weighted by atomic mass is 9.93. The van der Waals surface area contributed by atoms with E-state index in [1.807, 2.05) is 6.07 Å². The zero-order chi connectivity index (χ0) is 19.0. The van der Waals surface area contributed by atoms with Crippen molar-refractivity contribution < 1.29 is 9.18 Å². The summed E-state index contributed by atoms with van der Waals surface area (Å²) >= 11 is 0. The standard InChI is InChI=1S/C20H22FN5O/c1-13-11-26-12-16(9-17(21)19(26)23-13)24-20(27)15-3-4-18(22-10-15)14-5-7-25(2)8-6-14/h3-4,9-12,14H,5-8H2,1-2H3,(H,24,27). The summed E-state index contributed by atoms with van der Waals surface area (Å²) in [5.74, 6) is -0.344. The Kier molecular flexibility index (Phi) is 4.61. The fourth-order valence-corrected chi connectivity index (χ4v) is 3.54. The van der Waals surface area contributed by atoms with Crippen LogP contribution in [0.2, 0.25) is 0 Å². The molecule has 6 nitrogen and oxygen atoms in total. The molecule has 0 radical (unpaired) electrons. The van der Waals surface area contributed by atoms with Crippen LogP contribution in [-0.4, -0.2) is 45.3 Å². The van der Waals surface area contributed by atoms with Gasteiger partial charge in [-0.05, 0) is 52.0 Å². The minimum Gasteiger partial charge on any atom is -0.321 e. The predicted molar refractivity (Wildman–Crippen MR) is 102 cm³/mol. The molecule has 1 aliphatic rings. The molecule has 3 aromatic heterocycles. The maximum atomic E-state index is 14.1. The van der Waals surface area contributed by atoms with Gasteiger partial charge in [0.15, 0.2) is 11.5 Å². The highest BCUT2D eigenvalue weighted by Gasteiger charge is 2.20. The molecule has 0 atom stereocenters. The van der Waals surface area contributed by atoms with Gasteiger partial charge in [0, 0.05) is 36.3 Å². The largest absolute Gasteiger partial charge is 0.321 e. The molecule has 1 N–H and O–H groups in total. The number of piperidine rings is 1. The maximum absolute atomic E-state index is 14.1. The van der Waals surface area contributed by atoms with Gasteiger partial charge in [-0.15, -0.1) is 0 Å². The summed E-state index contributed by atoms with van der Waals surface area (Å²) in [5.41, 5.74) is 2.82. The van der Waals surface area contributed by atoms with E-state index in [0.717, 1.165) is 31.6 Å². The van der Waals surface area contributed by atoms with E-state index in [-0.39, 0.29) is 11.6 Å². The van der Waals surface area contributed by atoms with Crippen molar-refractivity contribution in [2.75, 3.05) is 25.5 Å². The van der Waals surface area contributed by atoms with Crippen molar-refractivity contribution in [2.24, 2.45) is 0 Å². The van der Waals surface area contributed by atoms with Crippen molar-refractivity contribution in [1.29, 1.82) is 0 Å². The highest BCUT2D eigenvalue weighted by Crippen LogP contribution is 2.26. The number of rotatable bonds is 3. The van der Waals surface area contributed by atoms with E-state index in [2.05, 4.69) is 27.2 Å². The minimum absolute atomic E-state index is 0.245. The van der Waals surface area contributed by atoms with Crippen molar-refractivity contribution in [3.63, 3.8) is 0 Å². The zero-order valence-corrected chi connectivity index (χ0v) is 15.4. The third kappa shape index (κ3) is 3.68. The molecular weight excluding hydrogens is 345 g/mol. The fourth-order valence-electron chi connectivity index (χ4n) is 3.54. The predicted octanol–water partition coefficient (Wildman–Crippen LogP) is 3.24. The molecule has 0 bridgehead atoms. The molecule has 1 amide bonds. The van der Waals surface area contributed by atoms with E-state index in [1.165, 1.54) is 6.07 Å². The fraction of sp³-hybridized carbons (Fsp3) is 0.350. The Morgan fingerprint density at radius 3 is 2.74 bits per heavy atom. The van der Waals surface area contributed by atoms with E-state index in [4.69, 9.17) is 0 Å². The third-order valence-electron chi connectivity index (χ3n) is 5.07. The number of halogens is 1. The summed E-state index contributed by atoms with van der Waals surface area (Å²) in [5, 5.41) is 2.73. The molecule has 1 aliphatic heterocycles. The quantitative estimate of drug-likeness (QED) is 0.772. The summed E-state index contributed by atoms with van der Waals surface area (Å²) in [6, 6.07) is 4.99. The van der Waals surface area contributed by atoms with Gasteiger partial charge in [-0.1, -0.05) is 0 Å². The van der Waals surface area contributed by atoms with Gasteiger partial charge in [-0.25, -0.2) is 9.37 Å². The van der Waals surface area contributed by atoms with Crippen LogP contribution in [0.5, 0.6) is 0 Å². The first-order chi connectivity index (χ1) is 13.0. The van der Waals surface area contributed by atoms with Crippen LogP contribution in [0.3, 0.4) is 0 Å². The van der Waals surface area contributed by atoms with Crippen LogP contribution in [0.1, 0.15) is 40.5 Å². The van der Waals surface area contributed by atoms with Crippen molar-refractivity contribution in [2.45, 2.75) is 25.7 Å². The number of nitrogens with zero attached hydrogens (tertiary/aromatic N) is 4. The number of hydrogen-bond donors (Lipinski definition) is 1. The van der Waals surface area contributed by atoms with Gasteiger partial charge >= 0.3 is 0 Å². The molecule has 0 aromatic carbocycles. The first-order valence-electron chi connectivity index (χ1n) is 9.10. The summed E-state index contributed by atoms with van der Waals surface area (Å²) in [6.45, 7) is 3.93. The van der Waals surface area contributed by atoms with Crippen LogP contribution in [0.25, 0.3) is 5.65 Å². The van der Waals surface area contributed by atoms with Gasteiger partial charge in [-0.3, -0.25) is 9.78 Å². The molecule has 4 heterocycles. The number of aryl methyl sites for hydroxylation is 1. The number of nitrogens with one attached hydrogen (secondary N) is 1. The molecule has 140 valence electrons. The van der Waals surface area contributed by atoms with Gasteiger partial charge in [0.05, 0.1) is 16.9 Å². The second-order valence-electron chi connectivity index (χ2n) is 7.19. The Labute approximate surface area is 157 Å². The topological polar surface area (TPSA) is 62.5 Å². The van der Waals surface area contributed by atoms with E-state index in [1.54, 1.807) is 36.0 Å². The molecule has 4 rings (SSSR count). The Morgan fingerprint density at radius 1 is 1.26 bits per heavy atom. The Bertz CT molecular complexity index is 974. The highest BCUT2D eigenvalue weighted by atomic mass is 19.1. The molecule has 3 aromatic rings. The van der Waals surface area contributed by atoms with Crippen molar-refractivity contribution in [3.8, 4) is 0 Å². The highest BCUT2D eigenvalue weighted by molar-refractivity contribution is 6.04. The number of likely N-dealkylation sites (tertiary alicyclic amines) is 1. The number of fused-ring (bicyclic) bond motifs is 1. The Hall–Kier alpha value is -2.80. The molecule has 0 unspecified atom stereocenters. The van der Waals surface area contributed by atoms with Gasteiger partial charge in [0.1, 0.15) is 0 Å². The third-order valence-corrected chi connectivity index (χ3v) is 5.07. The first-order valence-corrected chi connectivity index (χ1v) is 9.10. The van der Waals surface area contributed by atoms with Crippen molar-refractivity contribution >= 4 is 17.2 Å². The van der Waals surface area contributed by atoms with Gasteiger partial charge in [-0.2, -0.15) is 0 Å². The van der Waals surface area contributed by atoms with Gasteiger partial charge in [0.2, 0.25) is 0 Å². The molecule has 0 spiro atoms. The summed E-state index contributed by atoms with van der Waals surface area (Å²) in [6.07, 6.45) is 7.12. The molecule has 1 fully saturated rings. The normalized spacial score (nSPS) is 16.0. The Morgan fingerprint density at radius 2 is 2.04 bits per heavy atom. The van der Waals surface area contributed by atoms with Gasteiger partial charge in [0.25, 0.3) is 5.91 Å². The number of carbonyl (C=O) groups excluding carboxylic acids is 1. The van der Waals surface area contributed by atoms with Crippen molar-refractivity contribution in [3.05, 3.63) is 59.6 Å². The minimum atomic E-state index is -0.475. The molecule has 27 heavy (non-hydrogen) atoms. The molecule has 7 heteroatoms. The summed E-state index contributed by atoms with van der Waals surface area (Å²) < 4.78 is 15.7. The molecule has 1 saturated heterocycles. The first kappa shape index (κ1) is 17.6. The second kappa shape index (κ2) is 7.08. The van der Waals surface area contributed by atoms with E-state index >= 15 is 0 Å². The van der Waals surface area contributed by atoms with Gasteiger partial charge < -0.3 is 14.6 Å². The smallest absolute Gasteiger partial charge is 0.257 e. The second-order valence-corrected chi connectivity index (χ2v) is 7.19.